The number of nitrogens with zero attached hydrogens (tertiary/aromatic N) is 1. The number of rotatable bonds is 5. The predicted molar refractivity (Wildman–Crippen MR) is 86.9 cm³/mol. The van der Waals surface area contributed by atoms with E-state index in [0.29, 0.717) is 19.1 Å². The summed E-state index contributed by atoms with van der Waals surface area (Å²) in [5.41, 5.74) is 3.76. The summed E-state index contributed by atoms with van der Waals surface area (Å²) in [6.07, 6.45) is 0. The van der Waals surface area contributed by atoms with Gasteiger partial charge in [-0.2, -0.15) is 0 Å². The Kier molecular flexibility index (Phi) is 5.54. The Morgan fingerprint density at radius 1 is 1.24 bits per heavy atom. The fourth-order valence-electron chi connectivity index (χ4n) is 2.25. The lowest BCUT2D eigenvalue weighted by atomic mass is 10.1. The van der Waals surface area contributed by atoms with Crippen LogP contribution in [0.15, 0.2) is 47.5 Å². The number of hydrogen-bond acceptors (Lipinski definition) is 3. The number of hydrazine groups is 1. The summed E-state index contributed by atoms with van der Waals surface area (Å²) in [6.45, 7) is 3.16. The maximum absolute atomic E-state index is 5.51. The molecule has 0 amide bonds. The van der Waals surface area contributed by atoms with Crippen molar-refractivity contribution >= 4 is 16.7 Å². The second-order valence-corrected chi connectivity index (χ2v) is 4.95. The molecule has 1 unspecified atom stereocenters. The van der Waals surface area contributed by atoms with Gasteiger partial charge in [0, 0.05) is 13.2 Å². The Labute approximate surface area is 125 Å². The first-order valence-electron chi connectivity index (χ1n) is 6.97. The van der Waals surface area contributed by atoms with Gasteiger partial charge < -0.3 is 10.1 Å². The van der Waals surface area contributed by atoms with Gasteiger partial charge in [-0.15, -0.1) is 0 Å². The first-order chi connectivity index (χ1) is 10.2. The number of benzene rings is 2. The highest BCUT2D eigenvalue weighted by atomic mass is 16.5. The van der Waals surface area contributed by atoms with E-state index in [4.69, 9.17) is 10.6 Å². The van der Waals surface area contributed by atoms with Crippen molar-refractivity contribution in [2.24, 2.45) is 10.8 Å². The molecule has 0 aliphatic heterocycles. The van der Waals surface area contributed by atoms with E-state index in [9.17, 15) is 0 Å². The zero-order valence-electron chi connectivity index (χ0n) is 12.5. The average Bonchev–Trinajstić information content (AvgIpc) is 2.51. The predicted octanol–water partition coefficient (Wildman–Crippen LogP) is 1.78. The van der Waals surface area contributed by atoms with Crippen LogP contribution in [0, 0.1) is 0 Å². The molecule has 2 rings (SSSR count). The van der Waals surface area contributed by atoms with E-state index in [1.54, 1.807) is 7.11 Å². The van der Waals surface area contributed by atoms with E-state index in [-0.39, 0.29) is 6.04 Å². The molecule has 0 fully saturated rings. The number of methoxy groups -OCH3 is 1. The summed E-state index contributed by atoms with van der Waals surface area (Å²) in [4.78, 5) is 4.50. The Bertz CT molecular complexity index is 607. The summed E-state index contributed by atoms with van der Waals surface area (Å²) in [5, 5.41) is 5.60. The first-order valence-corrected chi connectivity index (χ1v) is 6.97. The van der Waals surface area contributed by atoms with Crippen LogP contribution in [-0.4, -0.2) is 25.7 Å². The molecular weight excluding hydrogens is 264 g/mol. The molecule has 112 valence electrons. The van der Waals surface area contributed by atoms with Crippen LogP contribution in [-0.2, 0) is 11.3 Å². The van der Waals surface area contributed by atoms with Gasteiger partial charge in [-0.25, -0.2) is 10.8 Å². The zero-order valence-corrected chi connectivity index (χ0v) is 12.5. The third kappa shape index (κ3) is 4.18. The second-order valence-electron chi connectivity index (χ2n) is 4.95. The molecule has 0 aromatic heterocycles. The van der Waals surface area contributed by atoms with Crippen molar-refractivity contribution in [3.63, 3.8) is 0 Å². The first kappa shape index (κ1) is 15.3. The van der Waals surface area contributed by atoms with Crippen LogP contribution < -0.4 is 16.6 Å². The molecule has 2 aromatic rings. The molecule has 4 N–H and O–H groups in total. The van der Waals surface area contributed by atoms with Gasteiger partial charge in [-0.05, 0) is 23.3 Å². The number of nitrogens with two attached hydrogens (primary N) is 1. The van der Waals surface area contributed by atoms with Crippen molar-refractivity contribution in [1.29, 1.82) is 0 Å². The molecule has 0 aliphatic rings. The van der Waals surface area contributed by atoms with E-state index in [1.807, 2.05) is 25.1 Å². The number of ether oxygens (including phenoxy) is 1. The molecule has 5 heteroatoms. The van der Waals surface area contributed by atoms with E-state index in [2.05, 4.69) is 40.0 Å². The van der Waals surface area contributed by atoms with Crippen LogP contribution in [0.4, 0.5) is 0 Å². The van der Waals surface area contributed by atoms with Crippen molar-refractivity contribution in [3.05, 3.63) is 48.0 Å². The van der Waals surface area contributed by atoms with Gasteiger partial charge in [-0.1, -0.05) is 42.5 Å². The normalized spacial score (nSPS) is 13.2. The van der Waals surface area contributed by atoms with Crippen molar-refractivity contribution in [3.8, 4) is 0 Å². The Morgan fingerprint density at radius 2 is 2.00 bits per heavy atom. The highest BCUT2D eigenvalue weighted by Gasteiger charge is 2.04. The maximum atomic E-state index is 5.51. The summed E-state index contributed by atoms with van der Waals surface area (Å²) >= 11 is 0. The third-order valence-electron chi connectivity index (χ3n) is 3.22. The summed E-state index contributed by atoms with van der Waals surface area (Å²) in [6, 6.07) is 14.6. The number of aliphatic imine (C=N–C) groups is 1. The topological polar surface area (TPSA) is 71.7 Å². The average molecular weight is 286 g/mol. The van der Waals surface area contributed by atoms with Gasteiger partial charge >= 0.3 is 0 Å². The largest absolute Gasteiger partial charge is 0.383 e. The summed E-state index contributed by atoms with van der Waals surface area (Å²) in [5.74, 6) is 6.07. The standard InChI is InChI=1S/C16H22N4O/c1-12(11-21-2)19-16(20-17)18-10-14-8-5-7-13-6-3-4-9-15(13)14/h3-9,12H,10-11,17H2,1-2H3,(H2,18,19,20). The van der Waals surface area contributed by atoms with E-state index < -0.39 is 0 Å². The van der Waals surface area contributed by atoms with Gasteiger partial charge in [0.15, 0.2) is 0 Å². The molecule has 2 aromatic carbocycles. The van der Waals surface area contributed by atoms with E-state index in [1.165, 1.54) is 16.3 Å². The van der Waals surface area contributed by atoms with Crippen LogP contribution in [0.5, 0.6) is 0 Å². The fourth-order valence-corrected chi connectivity index (χ4v) is 2.25. The van der Waals surface area contributed by atoms with Crippen molar-refractivity contribution in [2.45, 2.75) is 19.5 Å². The lowest BCUT2D eigenvalue weighted by Gasteiger charge is -2.15. The van der Waals surface area contributed by atoms with Gasteiger partial charge in [0.25, 0.3) is 0 Å². The SMILES string of the molecule is COCC(C)NC(=NCc1cccc2ccccc12)NN. The summed E-state index contributed by atoms with van der Waals surface area (Å²) in [7, 11) is 1.67. The van der Waals surface area contributed by atoms with Gasteiger partial charge in [0.1, 0.15) is 0 Å². The molecule has 5 nitrogen and oxygen atoms in total. The number of guanidine groups is 1. The smallest absolute Gasteiger partial charge is 0.206 e. The Morgan fingerprint density at radius 3 is 2.76 bits per heavy atom. The van der Waals surface area contributed by atoms with Gasteiger partial charge in [0.05, 0.1) is 13.2 Å². The minimum atomic E-state index is 0.136. The number of hydrogen-bond donors (Lipinski definition) is 3. The molecule has 0 radical (unpaired) electrons. The highest BCUT2D eigenvalue weighted by molar-refractivity contribution is 5.86. The fraction of sp³-hybridized carbons (Fsp3) is 0.312. The molecule has 0 aliphatic carbocycles. The van der Waals surface area contributed by atoms with Crippen molar-refractivity contribution in [2.75, 3.05) is 13.7 Å². The molecule has 21 heavy (non-hydrogen) atoms. The zero-order chi connectivity index (χ0) is 15.1. The minimum absolute atomic E-state index is 0.136. The van der Waals surface area contributed by atoms with Crippen molar-refractivity contribution < 1.29 is 4.74 Å². The summed E-state index contributed by atoms with van der Waals surface area (Å²) < 4.78 is 5.08. The monoisotopic (exact) mass is 286 g/mol. The van der Waals surface area contributed by atoms with Crippen LogP contribution in [0.2, 0.25) is 0 Å². The maximum Gasteiger partial charge on any atom is 0.206 e. The lowest BCUT2D eigenvalue weighted by molar-refractivity contribution is 0.179. The minimum Gasteiger partial charge on any atom is -0.383 e. The number of nitrogens with one attached hydrogen (secondary N) is 2. The molecule has 0 heterocycles. The van der Waals surface area contributed by atoms with Gasteiger partial charge in [0.2, 0.25) is 5.96 Å². The Hall–Kier alpha value is -2.11. The van der Waals surface area contributed by atoms with Crippen molar-refractivity contribution in [1.82, 2.24) is 10.7 Å². The third-order valence-corrected chi connectivity index (χ3v) is 3.22. The quantitative estimate of drug-likeness (QED) is 0.339. The molecule has 0 bridgehead atoms. The second kappa shape index (κ2) is 7.61. The molecule has 0 saturated heterocycles. The van der Waals surface area contributed by atoms with Crippen LogP contribution >= 0.6 is 0 Å². The van der Waals surface area contributed by atoms with Crippen LogP contribution in [0.25, 0.3) is 10.8 Å². The number of fused-ring (bicyclic) bond motifs is 1. The van der Waals surface area contributed by atoms with E-state index in [0.717, 1.165) is 0 Å². The van der Waals surface area contributed by atoms with Crippen LogP contribution in [0.3, 0.4) is 0 Å². The molecule has 0 saturated carbocycles. The van der Waals surface area contributed by atoms with Gasteiger partial charge in [-0.3, -0.25) is 5.43 Å². The lowest BCUT2D eigenvalue weighted by Crippen LogP contribution is -2.46. The molecular formula is C16H22N4O. The molecule has 1 atom stereocenters. The van der Waals surface area contributed by atoms with E-state index >= 15 is 0 Å². The molecule has 0 spiro atoms. The Balaban J connectivity index is 2.13. The highest BCUT2D eigenvalue weighted by Crippen LogP contribution is 2.18. The van der Waals surface area contributed by atoms with Crippen LogP contribution in [0.1, 0.15) is 12.5 Å².